The van der Waals surface area contributed by atoms with Gasteiger partial charge in [-0.05, 0) is 35.4 Å². The number of esters is 2. The number of nitriles is 1. The number of amides is 1. The highest BCUT2D eigenvalue weighted by molar-refractivity contribution is 6.30. The van der Waals surface area contributed by atoms with Crippen LogP contribution in [0.25, 0.3) is 0 Å². The van der Waals surface area contributed by atoms with Gasteiger partial charge in [-0.25, -0.2) is 0 Å². The Hall–Kier alpha value is -3.08. The van der Waals surface area contributed by atoms with Crippen LogP contribution in [-0.2, 0) is 23.9 Å². The topological polar surface area (TPSA) is 105 Å². The second-order valence-corrected chi connectivity index (χ2v) is 7.87. The van der Waals surface area contributed by atoms with Crippen molar-refractivity contribution in [2.75, 3.05) is 14.2 Å². The van der Waals surface area contributed by atoms with E-state index in [0.29, 0.717) is 21.2 Å². The molecule has 1 amide bonds. The third-order valence-electron chi connectivity index (χ3n) is 5.44. The Balaban J connectivity index is 2.33. The van der Waals surface area contributed by atoms with E-state index in [-0.39, 0.29) is 0 Å². The van der Waals surface area contributed by atoms with Crippen molar-refractivity contribution in [2.45, 2.75) is 12.0 Å². The van der Waals surface area contributed by atoms with Gasteiger partial charge in [-0.15, -0.1) is 0 Å². The summed E-state index contributed by atoms with van der Waals surface area (Å²) in [4.78, 5) is 38.9. The number of hydrogen-bond acceptors (Lipinski definition) is 6. The maximum absolute atomic E-state index is 13.2. The average Bonchev–Trinajstić information content (AvgIpc) is 2.78. The molecule has 9 heteroatoms. The summed E-state index contributed by atoms with van der Waals surface area (Å²) in [5.74, 6) is -5.13. The third kappa shape index (κ3) is 3.85. The zero-order valence-electron chi connectivity index (χ0n) is 16.6. The SMILES string of the molecule is COC(=O)C1C(=O)NC(c2ccc(Cl)cc2)C(C#N)(C(=O)OC)C1c1ccc(Cl)cc1. The lowest BCUT2D eigenvalue weighted by Gasteiger charge is -2.46. The molecule has 0 saturated carbocycles. The molecule has 0 aliphatic carbocycles. The first-order valence-electron chi connectivity index (χ1n) is 9.19. The number of methoxy groups -OCH3 is 2. The minimum atomic E-state index is -1.98. The lowest BCUT2D eigenvalue weighted by atomic mass is 9.59. The number of ether oxygens (including phenoxy) is 2. The zero-order chi connectivity index (χ0) is 22.8. The molecule has 0 aromatic heterocycles. The van der Waals surface area contributed by atoms with Crippen LogP contribution in [0, 0.1) is 22.7 Å². The minimum Gasteiger partial charge on any atom is -0.468 e. The van der Waals surface area contributed by atoms with Gasteiger partial charge in [0.2, 0.25) is 5.91 Å². The maximum atomic E-state index is 13.2. The van der Waals surface area contributed by atoms with E-state index < -0.39 is 41.1 Å². The number of nitrogens with zero attached hydrogens (tertiary/aromatic N) is 1. The molecule has 1 aliphatic rings. The first-order chi connectivity index (χ1) is 14.8. The predicted octanol–water partition coefficient (Wildman–Crippen LogP) is 3.42. The lowest BCUT2D eigenvalue weighted by molar-refractivity contribution is -0.164. The summed E-state index contributed by atoms with van der Waals surface area (Å²) in [6, 6.07) is 13.5. The van der Waals surface area contributed by atoms with E-state index >= 15 is 0 Å². The summed E-state index contributed by atoms with van der Waals surface area (Å²) in [7, 11) is 2.27. The summed E-state index contributed by atoms with van der Waals surface area (Å²) >= 11 is 12.0. The molecule has 3 rings (SSSR count). The van der Waals surface area contributed by atoms with Crippen LogP contribution < -0.4 is 5.32 Å². The highest BCUT2D eigenvalue weighted by Crippen LogP contribution is 2.53. The van der Waals surface area contributed by atoms with Gasteiger partial charge in [0, 0.05) is 16.0 Å². The molecule has 0 radical (unpaired) electrons. The third-order valence-corrected chi connectivity index (χ3v) is 5.95. The molecule has 1 heterocycles. The molecule has 1 N–H and O–H groups in total. The number of benzene rings is 2. The van der Waals surface area contributed by atoms with Crippen molar-refractivity contribution in [1.82, 2.24) is 5.32 Å². The van der Waals surface area contributed by atoms with E-state index in [1.165, 1.54) is 0 Å². The monoisotopic (exact) mass is 460 g/mol. The molecule has 4 atom stereocenters. The first kappa shape index (κ1) is 22.6. The van der Waals surface area contributed by atoms with Crippen LogP contribution in [-0.4, -0.2) is 32.1 Å². The minimum absolute atomic E-state index is 0.389. The van der Waals surface area contributed by atoms with Crippen LogP contribution in [0.15, 0.2) is 48.5 Å². The van der Waals surface area contributed by atoms with Crippen molar-refractivity contribution < 1.29 is 23.9 Å². The van der Waals surface area contributed by atoms with Gasteiger partial charge in [0.25, 0.3) is 0 Å². The van der Waals surface area contributed by atoms with Gasteiger partial charge in [-0.3, -0.25) is 14.4 Å². The molecule has 160 valence electrons. The number of rotatable bonds is 4. The summed E-state index contributed by atoms with van der Waals surface area (Å²) in [6.07, 6.45) is 0. The van der Waals surface area contributed by atoms with Crippen molar-refractivity contribution in [2.24, 2.45) is 11.3 Å². The fraction of sp³-hybridized carbons (Fsp3) is 0.273. The van der Waals surface area contributed by atoms with Crippen LogP contribution in [0.5, 0.6) is 0 Å². The lowest BCUT2D eigenvalue weighted by Crippen LogP contribution is -2.60. The Morgan fingerprint density at radius 2 is 1.48 bits per heavy atom. The van der Waals surface area contributed by atoms with E-state index in [1.54, 1.807) is 48.5 Å². The number of halogens is 2. The Bertz CT molecular complexity index is 1050. The fourth-order valence-electron chi connectivity index (χ4n) is 4.03. The molecule has 4 unspecified atom stereocenters. The quantitative estimate of drug-likeness (QED) is 0.553. The molecule has 0 bridgehead atoms. The van der Waals surface area contributed by atoms with Crippen LogP contribution in [0.4, 0.5) is 0 Å². The summed E-state index contributed by atoms with van der Waals surface area (Å²) in [6.45, 7) is 0. The van der Waals surface area contributed by atoms with Crippen LogP contribution in [0.2, 0.25) is 10.0 Å². The van der Waals surface area contributed by atoms with E-state index in [2.05, 4.69) is 11.4 Å². The predicted molar refractivity (Wildman–Crippen MR) is 112 cm³/mol. The molecular weight excluding hydrogens is 443 g/mol. The number of hydrogen-bond donors (Lipinski definition) is 1. The van der Waals surface area contributed by atoms with Gasteiger partial charge in [-0.2, -0.15) is 5.26 Å². The molecule has 2 aromatic carbocycles. The molecule has 31 heavy (non-hydrogen) atoms. The maximum Gasteiger partial charge on any atom is 0.329 e. The number of nitrogens with one attached hydrogen (secondary N) is 1. The Morgan fingerprint density at radius 3 is 1.94 bits per heavy atom. The number of carbonyl (C=O) groups excluding carboxylic acids is 3. The Morgan fingerprint density at radius 1 is 0.968 bits per heavy atom. The van der Waals surface area contributed by atoms with Gasteiger partial charge < -0.3 is 14.8 Å². The summed E-state index contributed by atoms with van der Waals surface area (Å²) < 4.78 is 9.85. The first-order valence-corrected chi connectivity index (χ1v) is 9.94. The van der Waals surface area contributed by atoms with Gasteiger partial charge >= 0.3 is 11.9 Å². The zero-order valence-corrected chi connectivity index (χ0v) is 18.1. The van der Waals surface area contributed by atoms with Gasteiger partial charge in [-0.1, -0.05) is 47.5 Å². The average molecular weight is 461 g/mol. The molecular formula is C22H18Cl2N2O5. The Kier molecular flexibility index (Phi) is 6.54. The molecule has 1 aliphatic heterocycles. The van der Waals surface area contributed by atoms with Gasteiger partial charge in [0.1, 0.15) is 5.92 Å². The molecule has 1 fully saturated rings. The Labute approximate surface area is 188 Å². The summed E-state index contributed by atoms with van der Waals surface area (Å²) in [5.41, 5.74) is -1.14. The normalized spacial score (nSPS) is 25.1. The highest BCUT2D eigenvalue weighted by atomic mass is 35.5. The van der Waals surface area contributed by atoms with Crippen molar-refractivity contribution in [3.05, 3.63) is 69.7 Å². The van der Waals surface area contributed by atoms with E-state index in [1.807, 2.05) is 0 Å². The van der Waals surface area contributed by atoms with E-state index in [0.717, 1.165) is 14.2 Å². The second-order valence-electron chi connectivity index (χ2n) is 7.00. The molecule has 7 nitrogen and oxygen atoms in total. The van der Waals surface area contributed by atoms with Crippen molar-refractivity contribution >= 4 is 41.0 Å². The number of carbonyl (C=O) groups is 3. The smallest absolute Gasteiger partial charge is 0.329 e. The second kappa shape index (κ2) is 8.96. The molecule has 0 spiro atoms. The molecule has 2 aromatic rings. The summed E-state index contributed by atoms with van der Waals surface area (Å²) in [5, 5.41) is 13.9. The van der Waals surface area contributed by atoms with Crippen LogP contribution in [0.1, 0.15) is 23.1 Å². The highest BCUT2D eigenvalue weighted by Gasteiger charge is 2.64. The standard InChI is InChI=1S/C22H18Cl2N2O5/c1-30-20(28)16-17(12-3-7-14(23)8-4-12)22(11-25,21(29)31-2)18(26-19(16)27)13-5-9-15(24)10-6-13/h3-10,16-18H,1-2H3,(H,26,27). The van der Waals surface area contributed by atoms with Crippen LogP contribution in [0.3, 0.4) is 0 Å². The largest absolute Gasteiger partial charge is 0.468 e. The van der Waals surface area contributed by atoms with Gasteiger partial charge in [0.05, 0.1) is 26.3 Å². The van der Waals surface area contributed by atoms with E-state index in [4.69, 9.17) is 32.7 Å². The van der Waals surface area contributed by atoms with Crippen LogP contribution >= 0.6 is 23.2 Å². The van der Waals surface area contributed by atoms with Crippen molar-refractivity contribution in [3.63, 3.8) is 0 Å². The molecule has 1 saturated heterocycles. The fourth-order valence-corrected chi connectivity index (χ4v) is 4.28. The van der Waals surface area contributed by atoms with Crippen molar-refractivity contribution in [1.29, 1.82) is 5.26 Å². The van der Waals surface area contributed by atoms with E-state index in [9.17, 15) is 19.6 Å². The van der Waals surface area contributed by atoms with Crippen molar-refractivity contribution in [3.8, 4) is 6.07 Å². The number of piperidine rings is 1. The van der Waals surface area contributed by atoms with Gasteiger partial charge in [0.15, 0.2) is 5.41 Å².